The normalized spacial score (nSPS) is 14.3. The molecule has 0 radical (unpaired) electrons. The van der Waals surface area contributed by atoms with Gasteiger partial charge in [0.15, 0.2) is 12.2 Å². The highest BCUT2D eigenvalue weighted by molar-refractivity contribution is 7.47. The van der Waals surface area contributed by atoms with E-state index in [4.69, 9.17) is 37.0 Å². The number of carbonyl (C=O) groups is 4. The Bertz CT molecular complexity index is 1860. The van der Waals surface area contributed by atoms with Gasteiger partial charge in [0, 0.05) is 25.7 Å². The van der Waals surface area contributed by atoms with Crippen LogP contribution in [-0.2, 0) is 65.4 Å². The summed E-state index contributed by atoms with van der Waals surface area (Å²) in [6.45, 7) is 9.57. The van der Waals surface area contributed by atoms with Crippen LogP contribution in [0, 0.1) is 11.8 Å². The van der Waals surface area contributed by atoms with Crippen molar-refractivity contribution in [3.05, 3.63) is 0 Å². The van der Waals surface area contributed by atoms with Crippen molar-refractivity contribution in [2.24, 2.45) is 11.8 Å². The van der Waals surface area contributed by atoms with Crippen molar-refractivity contribution in [3.8, 4) is 0 Å². The number of rotatable bonds is 76. The van der Waals surface area contributed by atoms with E-state index < -0.39 is 97.5 Å². The number of carbonyl (C=O) groups excluding carboxylic acids is 4. The predicted molar refractivity (Wildman–Crippen MR) is 391 cm³/mol. The first-order valence-corrected chi connectivity index (χ1v) is 43.0. The Morgan fingerprint density at radius 1 is 0.302 bits per heavy atom. The first-order chi connectivity index (χ1) is 46.4. The van der Waals surface area contributed by atoms with Crippen LogP contribution in [0.2, 0.25) is 0 Å². The molecule has 0 spiro atoms. The molecule has 0 fully saturated rings. The summed E-state index contributed by atoms with van der Waals surface area (Å²) in [6.07, 6.45) is 56.9. The van der Waals surface area contributed by atoms with E-state index in [-0.39, 0.29) is 25.7 Å². The summed E-state index contributed by atoms with van der Waals surface area (Å²) in [5, 5.41) is 10.6. The van der Waals surface area contributed by atoms with Crippen molar-refractivity contribution in [2.75, 3.05) is 39.6 Å². The van der Waals surface area contributed by atoms with E-state index >= 15 is 0 Å². The minimum absolute atomic E-state index is 0.107. The summed E-state index contributed by atoms with van der Waals surface area (Å²) in [7, 11) is -9.91. The van der Waals surface area contributed by atoms with E-state index in [2.05, 4.69) is 41.5 Å². The Morgan fingerprint density at radius 3 is 0.792 bits per heavy atom. The third-order valence-electron chi connectivity index (χ3n) is 18.3. The molecule has 0 aromatic rings. The van der Waals surface area contributed by atoms with E-state index in [9.17, 15) is 43.2 Å². The predicted octanol–water partition coefficient (Wildman–Crippen LogP) is 22.7. The molecule has 0 aliphatic rings. The Kier molecular flexibility index (Phi) is 67.4. The quantitative estimate of drug-likeness (QED) is 0.0222. The van der Waals surface area contributed by atoms with Crippen LogP contribution in [0.5, 0.6) is 0 Å². The third kappa shape index (κ3) is 69.2. The van der Waals surface area contributed by atoms with Crippen LogP contribution in [0.3, 0.4) is 0 Å². The van der Waals surface area contributed by atoms with Gasteiger partial charge >= 0.3 is 39.5 Å². The summed E-state index contributed by atoms with van der Waals surface area (Å²) < 4.78 is 68.5. The van der Waals surface area contributed by atoms with E-state index in [0.717, 1.165) is 102 Å². The smallest absolute Gasteiger partial charge is 0.462 e. The summed E-state index contributed by atoms with van der Waals surface area (Å²) >= 11 is 0. The molecule has 0 rings (SSSR count). The van der Waals surface area contributed by atoms with Crippen LogP contribution in [-0.4, -0.2) is 96.7 Å². The molecular formula is C77H150O17P2. The standard InChI is InChI=1S/C77H150O17P2/c1-7-10-12-14-16-18-20-22-23-24-25-26-27-28-29-31-37-43-50-56-62-77(82)93-72(65-87-74(79)59-53-47-41-35-33-32-34-40-46-52-58-70(6)9-3)67-91-95(83,84)89-63-71(78)64-90-96(85,86)92-68-73(66-88-75(80)60-54-48-44-38-39-45-51-57-69(4)5)94-76(81)61-55-49-42-36-30-21-19-17-15-13-11-8-2/h69-73,78H,7-68H2,1-6H3,(H,83,84)(H,85,86)/t70?,71-,72-,73-/m1/s1. The fraction of sp³-hybridized carbons (Fsp3) is 0.948. The molecule has 3 N–H and O–H groups in total. The number of phosphoric ester groups is 2. The molecule has 0 aromatic heterocycles. The van der Waals surface area contributed by atoms with Crippen LogP contribution in [0.25, 0.3) is 0 Å². The second kappa shape index (κ2) is 68.8. The molecule has 0 aliphatic heterocycles. The number of aliphatic hydroxyl groups is 1. The monoisotopic (exact) mass is 1410 g/mol. The lowest BCUT2D eigenvalue weighted by Crippen LogP contribution is -2.30. The molecule has 6 atom stereocenters. The summed E-state index contributed by atoms with van der Waals surface area (Å²) in [5.41, 5.74) is 0. The van der Waals surface area contributed by atoms with Crippen molar-refractivity contribution in [1.82, 2.24) is 0 Å². The molecule has 0 heterocycles. The minimum Gasteiger partial charge on any atom is -0.462 e. The molecule has 0 saturated heterocycles. The minimum atomic E-state index is -4.96. The molecule has 0 aliphatic carbocycles. The number of unbranched alkanes of at least 4 members (excludes halogenated alkanes) is 45. The van der Waals surface area contributed by atoms with Crippen molar-refractivity contribution in [1.29, 1.82) is 0 Å². The van der Waals surface area contributed by atoms with Gasteiger partial charge in [0.05, 0.1) is 26.4 Å². The van der Waals surface area contributed by atoms with Gasteiger partial charge in [-0.1, -0.05) is 350 Å². The van der Waals surface area contributed by atoms with Crippen LogP contribution in [0.4, 0.5) is 0 Å². The molecule has 0 saturated carbocycles. The van der Waals surface area contributed by atoms with Gasteiger partial charge in [-0.15, -0.1) is 0 Å². The lowest BCUT2D eigenvalue weighted by atomic mass is 9.99. The summed E-state index contributed by atoms with van der Waals surface area (Å²) in [5.74, 6) is -0.600. The third-order valence-corrected chi connectivity index (χ3v) is 20.2. The SMILES string of the molecule is CCCCCCCCCCCCCCCCCCCCCCC(=O)O[C@H](COC(=O)CCCCCCCCCCCCC(C)CC)COP(=O)(O)OC[C@@H](O)COP(=O)(O)OC[C@@H](COC(=O)CCCCCCCCCC(C)C)OC(=O)CCCCCCCCCCCCCC. The van der Waals surface area contributed by atoms with Gasteiger partial charge < -0.3 is 33.8 Å². The van der Waals surface area contributed by atoms with Crippen LogP contribution >= 0.6 is 15.6 Å². The van der Waals surface area contributed by atoms with Crippen LogP contribution in [0.15, 0.2) is 0 Å². The van der Waals surface area contributed by atoms with E-state index in [0.29, 0.717) is 31.6 Å². The Morgan fingerprint density at radius 2 is 0.531 bits per heavy atom. The highest BCUT2D eigenvalue weighted by Crippen LogP contribution is 2.45. The molecule has 17 nitrogen and oxygen atoms in total. The van der Waals surface area contributed by atoms with Gasteiger partial charge in [0.2, 0.25) is 0 Å². The second-order valence-electron chi connectivity index (χ2n) is 28.5. The Labute approximate surface area is 588 Å². The molecule has 3 unspecified atom stereocenters. The van der Waals surface area contributed by atoms with Crippen LogP contribution in [0.1, 0.15) is 401 Å². The van der Waals surface area contributed by atoms with Gasteiger partial charge in [0.25, 0.3) is 0 Å². The van der Waals surface area contributed by atoms with Crippen LogP contribution < -0.4 is 0 Å². The first-order valence-electron chi connectivity index (χ1n) is 40.0. The number of phosphoric acid groups is 2. The van der Waals surface area contributed by atoms with Gasteiger partial charge in [-0.25, -0.2) is 9.13 Å². The molecule has 570 valence electrons. The molecule has 0 bridgehead atoms. The highest BCUT2D eigenvalue weighted by Gasteiger charge is 2.30. The maximum absolute atomic E-state index is 13.1. The maximum atomic E-state index is 13.1. The number of ether oxygens (including phenoxy) is 4. The summed E-state index contributed by atoms with van der Waals surface area (Å²) in [6, 6.07) is 0. The fourth-order valence-electron chi connectivity index (χ4n) is 11.8. The van der Waals surface area contributed by atoms with Gasteiger partial charge in [-0.2, -0.15) is 0 Å². The zero-order chi connectivity index (χ0) is 70.7. The van der Waals surface area contributed by atoms with E-state index in [1.54, 1.807) is 0 Å². The topological polar surface area (TPSA) is 237 Å². The first kappa shape index (κ1) is 94.1. The van der Waals surface area contributed by atoms with Gasteiger partial charge in [-0.3, -0.25) is 37.3 Å². The number of hydrogen-bond acceptors (Lipinski definition) is 15. The number of esters is 4. The molecule has 19 heteroatoms. The van der Waals surface area contributed by atoms with Crippen molar-refractivity contribution in [2.45, 2.75) is 419 Å². The summed E-state index contributed by atoms with van der Waals surface area (Å²) in [4.78, 5) is 72.8. The fourth-order valence-corrected chi connectivity index (χ4v) is 13.4. The zero-order valence-corrected chi connectivity index (χ0v) is 64.5. The molecule has 96 heavy (non-hydrogen) atoms. The maximum Gasteiger partial charge on any atom is 0.472 e. The lowest BCUT2D eigenvalue weighted by Gasteiger charge is -2.21. The largest absolute Gasteiger partial charge is 0.472 e. The van der Waals surface area contributed by atoms with Gasteiger partial charge in [-0.05, 0) is 37.5 Å². The van der Waals surface area contributed by atoms with Crippen molar-refractivity contribution in [3.63, 3.8) is 0 Å². The lowest BCUT2D eigenvalue weighted by molar-refractivity contribution is -0.161. The molecule has 0 aromatic carbocycles. The molecular weight excluding hydrogens is 1260 g/mol. The van der Waals surface area contributed by atoms with E-state index in [1.807, 2.05) is 0 Å². The number of hydrogen-bond donors (Lipinski definition) is 3. The second-order valence-corrected chi connectivity index (χ2v) is 31.4. The van der Waals surface area contributed by atoms with Gasteiger partial charge in [0.1, 0.15) is 19.3 Å². The zero-order valence-electron chi connectivity index (χ0n) is 62.7. The Balaban J connectivity index is 5.22. The average Bonchev–Trinajstić information content (AvgIpc) is 1.62. The van der Waals surface area contributed by atoms with Crippen molar-refractivity contribution >= 4 is 39.5 Å². The Hall–Kier alpha value is -1.94. The average molecular weight is 1410 g/mol. The van der Waals surface area contributed by atoms with Crippen molar-refractivity contribution < 1.29 is 80.2 Å². The highest BCUT2D eigenvalue weighted by atomic mass is 31.2. The molecule has 0 amide bonds. The number of aliphatic hydroxyl groups excluding tert-OH is 1. The van der Waals surface area contributed by atoms with E-state index in [1.165, 1.54) is 212 Å².